The van der Waals surface area contributed by atoms with Gasteiger partial charge in [-0.15, -0.1) is 5.10 Å². The predicted molar refractivity (Wildman–Crippen MR) is 77.4 cm³/mol. The highest BCUT2D eigenvalue weighted by molar-refractivity contribution is 5.62. The van der Waals surface area contributed by atoms with Crippen molar-refractivity contribution < 1.29 is 13.2 Å². The fraction of sp³-hybridized carbons (Fsp3) is 0.467. The third-order valence-corrected chi connectivity index (χ3v) is 3.51. The van der Waals surface area contributed by atoms with E-state index in [2.05, 4.69) is 17.2 Å². The SMILES string of the molecule is CCCCCCn1nnc(CN)c1-c1ccc(F)c(F)c1F. The van der Waals surface area contributed by atoms with E-state index in [-0.39, 0.29) is 12.1 Å². The molecule has 0 aliphatic carbocycles. The first kappa shape index (κ1) is 16.5. The lowest BCUT2D eigenvalue weighted by Gasteiger charge is -2.09. The van der Waals surface area contributed by atoms with E-state index in [0.717, 1.165) is 31.7 Å². The highest BCUT2D eigenvalue weighted by atomic mass is 19.2. The molecule has 2 aromatic rings. The fourth-order valence-corrected chi connectivity index (χ4v) is 2.33. The van der Waals surface area contributed by atoms with Gasteiger partial charge in [-0.05, 0) is 18.6 Å². The van der Waals surface area contributed by atoms with Crippen LogP contribution in [0.5, 0.6) is 0 Å². The highest BCUT2D eigenvalue weighted by Gasteiger charge is 2.21. The standard InChI is InChI=1S/C15H19F3N4/c1-2-3-4-5-8-22-15(12(9-19)20-21-22)10-6-7-11(16)14(18)13(10)17/h6-7H,2-5,8-9,19H2,1H3. The van der Waals surface area contributed by atoms with E-state index < -0.39 is 17.5 Å². The van der Waals surface area contributed by atoms with E-state index >= 15 is 0 Å². The number of hydrogen-bond donors (Lipinski definition) is 1. The minimum atomic E-state index is -1.50. The summed E-state index contributed by atoms with van der Waals surface area (Å²) >= 11 is 0. The van der Waals surface area contributed by atoms with Gasteiger partial charge in [0.25, 0.3) is 0 Å². The summed E-state index contributed by atoms with van der Waals surface area (Å²) in [6.45, 7) is 2.67. The summed E-state index contributed by atoms with van der Waals surface area (Å²) in [5, 5.41) is 7.87. The lowest BCUT2D eigenvalue weighted by Crippen LogP contribution is -2.07. The molecule has 0 saturated heterocycles. The van der Waals surface area contributed by atoms with Gasteiger partial charge in [0.1, 0.15) is 5.69 Å². The van der Waals surface area contributed by atoms with E-state index in [1.807, 2.05) is 0 Å². The van der Waals surface area contributed by atoms with Gasteiger partial charge in [0, 0.05) is 18.7 Å². The summed E-state index contributed by atoms with van der Waals surface area (Å²) in [7, 11) is 0. The third-order valence-electron chi connectivity index (χ3n) is 3.51. The summed E-state index contributed by atoms with van der Waals surface area (Å²) in [5.74, 6) is -3.97. The molecule has 0 radical (unpaired) electrons. The van der Waals surface area contributed by atoms with Crippen molar-refractivity contribution >= 4 is 0 Å². The minimum Gasteiger partial charge on any atom is -0.325 e. The van der Waals surface area contributed by atoms with Crippen molar-refractivity contribution in [3.63, 3.8) is 0 Å². The lowest BCUT2D eigenvalue weighted by molar-refractivity contribution is 0.447. The Hall–Kier alpha value is -1.89. The maximum atomic E-state index is 14.0. The summed E-state index contributed by atoms with van der Waals surface area (Å²) in [5.41, 5.74) is 6.20. The molecule has 0 bridgehead atoms. The van der Waals surface area contributed by atoms with Gasteiger partial charge >= 0.3 is 0 Å². The van der Waals surface area contributed by atoms with Crippen LogP contribution in [-0.2, 0) is 13.1 Å². The first-order chi connectivity index (χ1) is 10.6. The van der Waals surface area contributed by atoms with E-state index in [9.17, 15) is 13.2 Å². The van der Waals surface area contributed by atoms with Crippen LogP contribution in [0.1, 0.15) is 38.3 Å². The molecule has 0 atom stereocenters. The smallest absolute Gasteiger partial charge is 0.195 e. The Morgan fingerprint density at radius 3 is 2.55 bits per heavy atom. The quantitative estimate of drug-likeness (QED) is 0.630. The molecule has 120 valence electrons. The lowest BCUT2D eigenvalue weighted by atomic mass is 10.1. The van der Waals surface area contributed by atoms with Crippen molar-refractivity contribution in [1.82, 2.24) is 15.0 Å². The second-order valence-corrected chi connectivity index (χ2v) is 5.10. The molecule has 0 aliphatic rings. The van der Waals surface area contributed by atoms with E-state index in [1.54, 1.807) is 0 Å². The van der Waals surface area contributed by atoms with Gasteiger partial charge in [-0.1, -0.05) is 31.4 Å². The monoisotopic (exact) mass is 312 g/mol. The number of hydrogen-bond acceptors (Lipinski definition) is 3. The summed E-state index contributed by atoms with van der Waals surface area (Å²) in [6.07, 6.45) is 4.04. The van der Waals surface area contributed by atoms with Crippen molar-refractivity contribution in [3.05, 3.63) is 35.3 Å². The molecule has 22 heavy (non-hydrogen) atoms. The number of unbranched alkanes of at least 4 members (excludes halogenated alkanes) is 3. The van der Waals surface area contributed by atoms with Crippen LogP contribution < -0.4 is 5.73 Å². The van der Waals surface area contributed by atoms with Crippen LogP contribution in [0.15, 0.2) is 12.1 Å². The average Bonchev–Trinajstić information content (AvgIpc) is 2.92. The van der Waals surface area contributed by atoms with Gasteiger partial charge in [0.15, 0.2) is 17.5 Å². The second kappa shape index (κ2) is 7.40. The molecule has 0 fully saturated rings. The van der Waals surface area contributed by atoms with Crippen LogP contribution in [-0.4, -0.2) is 15.0 Å². The van der Waals surface area contributed by atoms with Crippen molar-refractivity contribution in [2.75, 3.05) is 0 Å². The highest BCUT2D eigenvalue weighted by Crippen LogP contribution is 2.28. The van der Waals surface area contributed by atoms with Gasteiger partial charge in [-0.2, -0.15) is 0 Å². The molecule has 0 saturated carbocycles. The number of aryl methyl sites for hydroxylation is 1. The average molecular weight is 312 g/mol. The largest absolute Gasteiger partial charge is 0.325 e. The Morgan fingerprint density at radius 1 is 1.09 bits per heavy atom. The Morgan fingerprint density at radius 2 is 1.86 bits per heavy atom. The number of nitrogens with zero attached hydrogens (tertiary/aromatic N) is 3. The van der Waals surface area contributed by atoms with E-state index in [1.165, 1.54) is 10.7 Å². The van der Waals surface area contributed by atoms with Crippen molar-refractivity contribution in [2.45, 2.75) is 45.7 Å². The van der Waals surface area contributed by atoms with Crippen LogP contribution in [0.3, 0.4) is 0 Å². The Bertz CT molecular complexity index is 640. The molecule has 7 heteroatoms. The number of rotatable bonds is 7. The first-order valence-corrected chi connectivity index (χ1v) is 7.36. The molecule has 1 aromatic carbocycles. The molecule has 0 amide bonds. The molecule has 1 aromatic heterocycles. The zero-order chi connectivity index (χ0) is 16.1. The van der Waals surface area contributed by atoms with Gasteiger partial charge < -0.3 is 5.73 Å². The first-order valence-electron chi connectivity index (χ1n) is 7.36. The fourth-order valence-electron chi connectivity index (χ4n) is 2.33. The topological polar surface area (TPSA) is 56.7 Å². The second-order valence-electron chi connectivity index (χ2n) is 5.10. The van der Waals surface area contributed by atoms with Crippen LogP contribution in [0.25, 0.3) is 11.3 Å². The minimum absolute atomic E-state index is 0.0444. The maximum Gasteiger partial charge on any atom is 0.195 e. The summed E-state index contributed by atoms with van der Waals surface area (Å²) < 4.78 is 42.1. The summed E-state index contributed by atoms with van der Waals surface area (Å²) in [4.78, 5) is 0. The molecule has 4 nitrogen and oxygen atoms in total. The van der Waals surface area contributed by atoms with Crippen LogP contribution in [0.4, 0.5) is 13.2 Å². The van der Waals surface area contributed by atoms with Crippen LogP contribution >= 0.6 is 0 Å². The zero-order valence-corrected chi connectivity index (χ0v) is 12.5. The van der Waals surface area contributed by atoms with Gasteiger partial charge in [0.05, 0.1) is 5.69 Å². The molecular weight excluding hydrogens is 293 g/mol. The molecule has 1 heterocycles. The summed E-state index contributed by atoms with van der Waals surface area (Å²) in [6, 6.07) is 2.08. The maximum absolute atomic E-state index is 14.0. The molecule has 0 aliphatic heterocycles. The number of benzene rings is 1. The number of aromatic nitrogens is 3. The van der Waals surface area contributed by atoms with Crippen LogP contribution in [0, 0.1) is 17.5 Å². The van der Waals surface area contributed by atoms with E-state index in [4.69, 9.17) is 5.73 Å². The number of halogens is 3. The Balaban J connectivity index is 2.36. The number of nitrogens with two attached hydrogens (primary N) is 1. The molecule has 0 unspecified atom stereocenters. The van der Waals surface area contributed by atoms with Crippen LogP contribution in [0.2, 0.25) is 0 Å². The van der Waals surface area contributed by atoms with Crippen molar-refractivity contribution in [1.29, 1.82) is 0 Å². The molecule has 2 N–H and O–H groups in total. The van der Waals surface area contributed by atoms with Gasteiger partial charge in [0.2, 0.25) is 0 Å². The zero-order valence-electron chi connectivity index (χ0n) is 12.5. The van der Waals surface area contributed by atoms with Crippen molar-refractivity contribution in [3.8, 4) is 11.3 Å². The van der Waals surface area contributed by atoms with Crippen molar-refractivity contribution in [2.24, 2.45) is 5.73 Å². The predicted octanol–water partition coefficient (Wildman–Crippen LogP) is 3.40. The molecule has 0 spiro atoms. The van der Waals surface area contributed by atoms with E-state index in [0.29, 0.717) is 17.9 Å². The third kappa shape index (κ3) is 3.30. The molecular formula is C15H19F3N4. The van der Waals surface area contributed by atoms with Gasteiger partial charge in [-0.3, -0.25) is 0 Å². The Labute approximate surface area is 127 Å². The Kier molecular flexibility index (Phi) is 5.54. The molecule has 2 rings (SSSR count). The normalized spacial score (nSPS) is 11.1. The van der Waals surface area contributed by atoms with Gasteiger partial charge in [-0.25, -0.2) is 17.9 Å².